The highest BCUT2D eigenvalue weighted by Gasteiger charge is 2.53. The first-order valence-electron chi connectivity index (χ1n) is 8.66. The summed E-state index contributed by atoms with van der Waals surface area (Å²) in [6, 6.07) is 6.31. The third kappa shape index (κ3) is 3.62. The lowest BCUT2D eigenvalue weighted by Gasteiger charge is -2.21. The number of esters is 1. The summed E-state index contributed by atoms with van der Waals surface area (Å²) in [4.78, 5) is 35.8. The molecule has 0 aliphatic carbocycles. The monoisotopic (exact) mass is 359 g/mol. The minimum atomic E-state index is -1.05. The summed E-state index contributed by atoms with van der Waals surface area (Å²) in [6.07, 6.45) is 4.08. The molecule has 1 aromatic carbocycles. The number of benzene rings is 1. The summed E-state index contributed by atoms with van der Waals surface area (Å²) < 4.78 is 10.6. The second kappa shape index (κ2) is 7.70. The van der Waals surface area contributed by atoms with Crippen LogP contribution in [-0.2, 0) is 19.1 Å². The fourth-order valence-electron chi connectivity index (χ4n) is 3.22. The van der Waals surface area contributed by atoms with Gasteiger partial charge >= 0.3 is 11.9 Å². The van der Waals surface area contributed by atoms with E-state index in [1.165, 1.54) is 0 Å². The Balaban J connectivity index is 1.62. The zero-order chi connectivity index (χ0) is 18.7. The van der Waals surface area contributed by atoms with Gasteiger partial charge in [0.15, 0.2) is 0 Å². The number of hydrogen-bond donors (Lipinski definition) is 2. The number of rotatable bonds is 7. The molecule has 3 rings (SSSR count). The molecule has 1 fully saturated rings. The Hall–Kier alpha value is -2.67. The molecule has 138 valence electrons. The summed E-state index contributed by atoms with van der Waals surface area (Å²) >= 11 is 0. The number of hydrogen-bond acceptors (Lipinski definition) is 5. The van der Waals surface area contributed by atoms with E-state index in [4.69, 9.17) is 9.47 Å². The zero-order valence-electron chi connectivity index (χ0n) is 14.4. The van der Waals surface area contributed by atoms with Crippen LogP contribution < -0.4 is 5.32 Å². The van der Waals surface area contributed by atoms with Crippen molar-refractivity contribution in [3.8, 4) is 0 Å². The van der Waals surface area contributed by atoms with E-state index in [1.54, 1.807) is 36.4 Å². The van der Waals surface area contributed by atoms with E-state index in [0.717, 1.165) is 12.8 Å². The first-order chi connectivity index (χ1) is 12.5. The smallest absolute Gasteiger partial charge is 0.338 e. The van der Waals surface area contributed by atoms with Gasteiger partial charge in [-0.25, -0.2) is 4.79 Å². The van der Waals surface area contributed by atoms with Crippen LogP contribution in [-0.4, -0.2) is 41.8 Å². The molecule has 0 unspecified atom stereocenters. The number of amides is 1. The van der Waals surface area contributed by atoms with Crippen molar-refractivity contribution in [2.24, 2.45) is 11.8 Å². The summed E-state index contributed by atoms with van der Waals surface area (Å²) in [6.45, 7) is 2.39. The van der Waals surface area contributed by atoms with E-state index < -0.39 is 41.9 Å². The number of ether oxygens (including phenoxy) is 2. The van der Waals surface area contributed by atoms with Gasteiger partial charge in [0.1, 0.15) is 5.92 Å². The van der Waals surface area contributed by atoms with Gasteiger partial charge in [-0.3, -0.25) is 9.59 Å². The van der Waals surface area contributed by atoms with Crippen LogP contribution in [0.5, 0.6) is 0 Å². The average molecular weight is 359 g/mol. The van der Waals surface area contributed by atoms with E-state index in [1.807, 2.05) is 6.92 Å². The zero-order valence-corrected chi connectivity index (χ0v) is 14.4. The third-order valence-corrected chi connectivity index (χ3v) is 4.61. The van der Waals surface area contributed by atoms with Crippen LogP contribution in [0.15, 0.2) is 36.4 Å². The molecule has 4 atom stereocenters. The van der Waals surface area contributed by atoms with Crippen LogP contribution in [0.2, 0.25) is 0 Å². The molecule has 26 heavy (non-hydrogen) atoms. The lowest BCUT2D eigenvalue weighted by molar-refractivity contribution is -0.145. The van der Waals surface area contributed by atoms with Gasteiger partial charge in [-0.05, 0) is 30.7 Å². The molecule has 1 aromatic rings. The first-order valence-corrected chi connectivity index (χ1v) is 8.66. The highest BCUT2D eigenvalue weighted by molar-refractivity contribution is 5.97. The van der Waals surface area contributed by atoms with Crippen molar-refractivity contribution in [2.75, 3.05) is 11.9 Å². The number of aliphatic carboxylic acids is 1. The Labute approximate surface area is 151 Å². The number of carboxylic acids is 1. The van der Waals surface area contributed by atoms with Crippen molar-refractivity contribution >= 4 is 23.5 Å². The molecule has 2 heterocycles. The molecular formula is C19H21NO6. The van der Waals surface area contributed by atoms with Crippen molar-refractivity contribution in [1.29, 1.82) is 0 Å². The molecule has 1 amide bonds. The molecule has 2 bridgehead atoms. The maximum atomic E-state index is 12.5. The molecule has 2 N–H and O–H groups in total. The standard InChI is InChI=1S/C19H21NO6/c1-2-3-10-25-19(24)11-4-6-12(7-5-11)20-17(21)15-13-8-9-14(26-13)16(15)18(22)23/h4-9,13-16H,2-3,10H2,1H3,(H,20,21)(H,22,23)/t13-,14-,15-,16-/m1/s1. The van der Waals surface area contributed by atoms with E-state index >= 15 is 0 Å². The van der Waals surface area contributed by atoms with Gasteiger partial charge in [0.05, 0.1) is 30.3 Å². The lowest BCUT2D eigenvalue weighted by Crippen LogP contribution is -2.39. The van der Waals surface area contributed by atoms with Crippen LogP contribution in [0, 0.1) is 11.8 Å². The Morgan fingerprint density at radius 1 is 1.12 bits per heavy atom. The number of carboxylic acid groups (broad SMARTS) is 1. The van der Waals surface area contributed by atoms with Crippen LogP contribution in [0.3, 0.4) is 0 Å². The predicted octanol–water partition coefficient (Wildman–Crippen LogP) is 2.24. The van der Waals surface area contributed by atoms with Gasteiger partial charge in [0, 0.05) is 5.69 Å². The molecule has 2 aliphatic rings. The van der Waals surface area contributed by atoms with E-state index in [2.05, 4.69) is 5.32 Å². The van der Waals surface area contributed by atoms with Crippen molar-refractivity contribution in [2.45, 2.75) is 32.0 Å². The van der Waals surface area contributed by atoms with Crippen molar-refractivity contribution < 1.29 is 29.0 Å². The van der Waals surface area contributed by atoms with Gasteiger partial charge in [0.2, 0.25) is 5.91 Å². The minimum Gasteiger partial charge on any atom is -0.481 e. The molecular weight excluding hydrogens is 338 g/mol. The number of carbonyl (C=O) groups is 3. The topological polar surface area (TPSA) is 102 Å². The molecule has 2 aliphatic heterocycles. The minimum absolute atomic E-state index is 0.377. The molecule has 0 saturated carbocycles. The Bertz CT molecular complexity index is 726. The van der Waals surface area contributed by atoms with Gasteiger partial charge < -0.3 is 19.9 Å². The maximum absolute atomic E-state index is 12.5. The molecule has 7 heteroatoms. The van der Waals surface area contributed by atoms with Gasteiger partial charge in [-0.15, -0.1) is 0 Å². The highest BCUT2D eigenvalue weighted by Crippen LogP contribution is 2.39. The van der Waals surface area contributed by atoms with Crippen molar-refractivity contribution in [3.05, 3.63) is 42.0 Å². The lowest BCUT2D eigenvalue weighted by atomic mass is 9.82. The average Bonchev–Trinajstić information content (AvgIpc) is 3.23. The molecule has 7 nitrogen and oxygen atoms in total. The maximum Gasteiger partial charge on any atom is 0.338 e. The fraction of sp³-hybridized carbons (Fsp3) is 0.421. The number of fused-ring (bicyclic) bond motifs is 2. The normalized spacial score (nSPS) is 25.9. The Morgan fingerprint density at radius 3 is 2.38 bits per heavy atom. The highest BCUT2D eigenvalue weighted by atomic mass is 16.5. The largest absolute Gasteiger partial charge is 0.481 e. The number of nitrogens with one attached hydrogen (secondary N) is 1. The van der Waals surface area contributed by atoms with Crippen LogP contribution in [0.25, 0.3) is 0 Å². The second-order valence-corrected chi connectivity index (χ2v) is 6.40. The van der Waals surface area contributed by atoms with Gasteiger partial charge in [-0.1, -0.05) is 25.5 Å². The first kappa shape index (κ1) is 18.1. The Morgan fingerprint density at radius 2 is 1.77 bits per heavy atom. The summed E-state index contributed by atoms with van der Waals surface area (Å²) in [5.74, 6) is -3.53. The third-order valence-electron chi connectivity index (χ3n) is 4.61. The van der Waals surface area contributed by atoms with Crippen LogP contribution in [0.1, 0.15) is 30.1 Å². The Kier molecular flexibility index (Phi) is 5.37. The SMILES string of the molecule is CCCCOC(=O)c1ccc(NC(=O)[C@H]2[C@H](C(=O)O)[C@H]3C=C[C@H]2O3)cc1. The van der Waals surface area contributed by atoms with E-state index in [0.29, 0.717) is 17.9 Å². The van der Waals surface area contributed by atoms with Crippen LogP contribution >= 0.6 is 0 Å². The fourth-order valence-corrected chi connectivity index (χ4v) is 3.22. The van der Waals surface area contributed by atoms with Crippen molar-refractivity contribution in [1.82, 2.24) is 0 Å². The number of anilines is 1. The summed E-state index contributed by atoms with van der Waals surface area (Å²) in [5, 5.41) is 12.1. The van der Waals surface area contributed by atoms with Crippen LogP contribution in [0.4, 0.5) is 5.69 Å². The van der Waals surface area contributed by atoms with E-state index in [-0.39, 0.29) is 0 Å². The number of carbonyl (C=O) groups excluding carboxylic acids is 2. The van der Waals surface area contributed by atoms with E-state index in [9.17, 15) is 19.5 Å². The number of unbranched alkanes of at least 4 members (excludes halogenated alkanes) is 1. The second-order valence-electron chi connectivity index (χ2n) is 6.40. The predicted molar refractivity (Wildman–Crippen MR) is 92.7 cm³/mol. The molecule has 0 spiro atoms. The summed E-state index contributed by atoms with van der Waals surface area (Å²) in [5.41, 5.74) is 0.879. The van der Waals surface area contributed by atoms with Crippen molar-refractivity contribution in [3.63, 3.8) is 0 Å². The molecule has 0 radical (unpaired) electrons. The molecule has 1 saturated heterocycles. The summed E-state index contributed by atoms with van der Waals surface area (Å²) in [7, 11) is 0. The quantitative estimate of drug-likeness (QED) is 0.440. The van der Waals surface area contributed by atoms with Gasteiger partial charge in [0.25, 0.3) is 0 Å². The van der Waals surface area contributed by atoms with Gasteiger partial charge in [-0.2, -0.15) is 0 Å². The molecule has 0 aromatic heterocycles.